The molecule has 2 aromatic carbocycles. The summed E-state index contributed by atoms with van der Waals surface area (Å²) in [5.74, 6) is 0.820. The van der Waals surface area contributed by atoms with E-state index in [1.165, 1.54) is 24.0 Å². The Labute approximate surface area is 182 Å². The predicted molar refractivity (Wildman–Crippen MR) is 120 cm³/mol. The number of carbonyl (C=O) groups is 1. The van der Waals surface area contributed by atoms with Crippen LogP contribution < -0.4 is 0 Å². The van der Waals surface area contributed by atoms with Gasteiger partial charge in [0.25, 0.3) is 5.91 Å². The number of benzene rings is 2. The minimum atomic E-state index is -0.0736. The van der Waals surface area contributed by atoms with E-state index in [1.807, 2.05) is 11.8 Å². The molecule has 0 spiro atoms. The van der Waals surface area contributed by atoms with Gasteiger partial charge in [0.2, 0.25) is 0 Å². The van der Waals surface area contributed by atoms with Gasteiger partial charge in [-0.05, 0) is 66.0 Å². The number of aliphatic hydroxyl groups excluding tert-OH is 1. The van der Waals surface area contributed by atoms with Crippen LogP contribution in [0, 0.1) is 6.92 Å². The maximum atomic E-state index is 12.8. The van der Waals surface area contributed by atoms with Gasteiger partial charge in [-0.25, -0.2) is 4.98 Å². The van der Waals surface area contributed by atoms with E-state index in [0.717, 1.165) is 28.8 Å². The number of aliphatic hydroxyl groups is 1. The minimum absolute atomic E-state index is 0.00263. The molecule has 1 saturated carbocycles. The average molecular weight is 414 g/mol. The molecule has 2 aliphatic rings. The van der Waals surface area contributed by atoms with Crippen molar-refractivity contribution in [3.63, 3.8) is 0 Å². The Balaban J connectivity index is 1.37. The molecule has 1 saturated heterocycles. The molecule has 2 fully saturated rings. The van der Waals surface area contributed by atoms with Gasteiger partial charge in [-0.15, -0.1) is 0 Å². The molecule has 1 aromatic heterocycles. The Morgan fingerprint density at radius 3 is 2.61 bits per heavy atom. The van der Waals surface area contributed by atoms with E-state index in [-0.39, 0.29) is 18.4 Å². The number of carbonyl (C=O) groups excluding carboxylic acids is 1. The maximum absolute atomic E-state index is 12.8. The van der Waals surface area contributed by atoms with Gasteiger partial charge in [0, 0.05) is 25.2 Å². The quantitative estimate of drug-likeness (QED) is 0.671. The van der Waals surface area contributed by atoms with Crippen LogP contribution in [0.25, 0.3) is 11.1 Å². The number of amides is 1. The Hall–Kier alpha value is -3.05. The van der Waals surface area contributed by atoms with Crippen LogP contribution in [0.2, 0.25) is 0 Å². The Morgan fingerprint density at radius 1 is 1.03 bits per heavy atom. The summed E-state index contributed by atoms with van der Waals surface area (Å²) >= 11 is 0. The Kier molecular flexibility index (Phi) is 5.28. The molecule has 3 aromatic rings. The number of aromatic nitrogens is 2. The van der Waals surface area contributed by atoms with Gasteiger partial charge in [-0.1, -0.05) is 36.4 Å². The van der Waals surface area contributed by atoms with Crippen molar-refractivity contribution in [1.29, 1.82) is 0 Å². The summed E-state index contributed by atoms with van der Waals surface area (Å²) < 4.78 is 0. The summed E-state index contributed by atoms with van der Waals surface area (Å²) in [5, 5.41) is 10.1. The molecule has 1 atom stereocenters. The van der Waals surface area contributed by atoms with E-state index in [2.05, 4.69) is 52.4 Å². The fraction of sp³-hybridized carbons (Fsp3) is 0.346. The van der Waals surface area contributed by atoms with Gasteiger partial charge < -0.3 is 10.0 Å². The highest BCUT2D eigenvalue weighted by Crippen LogP contribution is 2.44. The highest BCUT2D eigenvalue weighted by atomic mass is 16.3. The Morgan fingerprint density at radius 2 is 1.87 bits per heavy atom. The average Bonchev–Trinajstić information content (AvgIpc) is 3.55. The van der Waals surface area contributed by atoms with Crippen LogP contribution in [0.3, 0.4) is 0 Å². The second kappa shape index (κ2) is 8.23. The van der Waals surface area contributed by atoms with Gasteiger partial charge in [0.05, 0.1) is 18.5 Å². The SMILES string of the molecule is Cc1cnc(C(=O)N2CCC(c3ccc(-c4ccccc4C4CC4)cc3CO)C2)cn1. The van der Waals surface area contributed by atoms with Crippen LogP contribution in [-0.4, -0.2) is 39.0 Å². The van der Waals surface area contributed by atoms with E-state index in [1.54, 1.807) is 12.4 Å². The topological polar surface area (TPSA) is 66.3 Å². The molecule has 0 radical (unpaired) electrons. The summed E-state index contributed by atoms with van der Waals surface area (Å²) in [4.78, 5) is 23.1. The first-order chi connectivity index (χ1) is 15.1. The van der Waals surface area contributed by atoms with Crippen molar-refractivity contribution in [2.75, 3.05) is 13.1 Å². The summed E-state index contributed by atoms with van der Waals surface area (Å²) in [5.41, 5.74) is 7.13. The predicted octanol–water partition coefficient (Wildman–Crippen LogP) is 4.45. The van der Waals surface area contributed by atoms with Gasteiger partial charge in [0.15, 0.2) is 0 Å². The van der Waals surface area contributed by atoms with E-state index in [9.17, 15) is 9.90 Å². The number of nitrogens with zero attached hydrogens (tertiary/aromatic N) is 3. The van der Waals surface area contributed by atoms with Gasteiger partial charge in [-0.3, -0.25) is 9.78 Å². The highest BCUT2D eigenvalue weighted by molar-refractivity contribution is 5.92. The van der Waals surface area contributed by atoms with Gasteiger partial charge >= 0.3 is 0 Å². The van der Waals surface area contributed by atoms with E-state index < -0.39 is 0 Å². The lowest BCUT2D eigenvalue weighted by atomic mass is 9.89. The van der Waals surface area contributed by atoms with Crippen molar-refractivity contribution in [3.8, 4) is 11.1 Å². The standard InChI is InChI=1S/C26H27N3O2/c1-17-13-28-25(14-27-17)26(31)29-11-10-20(15-29)22-9-8-19(12-21(22)16-30)24-5-3-2-4-23(24)18-6-7-18/h2-5,8-9,12-14,18,20,30H,6-7,10-11,15-16H2,1H3. The third kappa shape index (κ3) is 3.98. The molecule has 158 valence electrons. The van der Waals surface area contributed by atoms with Crippen molar-refractivity contribution >= 4 is 5.91 Å². The van der Waals surface area contributed by atoms with E-state index >= 15 is 0 Å². The summed E-state index contributed by atoms with van der Waals surface area (Å²) in [6.45, 7) is 3.19. The molecule has 31 heavy (non-hydrogen) atoms. The second-order valence-electron chi connectivity index (χ2n) is 8.71. The van der Waals surface area contributed by atoms with Crippen molar-refractivity contribution in [1.82, 2.24) is 14.9 Å². The van der Waals surface area contributed by atoms with Gasteiger partial charge in [0.1, 0.15) is 5.69 Å². The molecule has 1 unspecified atom stereocenters. The van der Waals surface area contributed by atoms with Crippen molar-refractivity contribution in [2.45, 2.75) is 44.6 Å². The van der Waals surface area contributed by atoms with Gasteiger partial charge in [-0.2, -0.15) is 0 Å². The first-order valence-corrected chi connectivity index (χ1v) is 11.0. The zero-order chi connectivity index (χ0) is 21.4. The summed E-state index contributed by atoms with van der Waals surface area (Å²) in [6, 6.07) is 15.1. The molecule has 5 nitrogen and oxygen atoms in total. The lowest BCUT2D eigenvalue weighted by Crippen LogP contribution is -2.29. The number of rotatable bonds is 5. The molecular weight excluding hydrogens is 386 g/mol. The lowest BCUT2D eigenvalue weighted by Gasteiger charge is -2.19. The van der Waals surface area contributed by atoms with Crippen LogP contribution >= 0.6 is 0 Å². The zero-order valence-electron chi connectivity index (χ0n) is 17.8. The molecule has 5 rings (SSSR count). The van der Waals surface area contributed by atoms with Crippen molar-refractivity contribution in [2.24, 2.45) is 0 Å². The summed E-state index contributed by atoms with van der Waals surface area (Å²) in [6.07, 6.45) is 6.59. The molecular formula is C26H27N3O2. The maximum Gasteiger partial charge on any atom is 0.274 e. The zero-order valence-corrected chi connectivity index (χ0v) is 17.8. The van der Waals surface area contributed by atoms with Crippen LogP contribution in [0.15, 0.2) is 54.9 Å². The first-order valence-electron chi connectivity index (χ1n) is 11.0. The molecule has 1 aliphatic carbocycles. The molecule has 5 heteroatoms. The fourth-order valence-corrected chi connectivity index (χ4v) is 4.68. The monoisotopic (exact) mass is 413 g/mol. The summed E-state index contributed by atoms with van der Waals surface area (Å²) in [7, 11) is 0. The molecule has 2 heterocycles. The van der Waals surface area contributed by atoms with E-state index in [0.29, 0.717) is 24.7 Å². The fourth-order valence-electron chi connectivity index (χ4n) is 4.68. The smallest absolute Gasteiger partial charge is 0.274 e. The minimum Gasteiger partial charge on any atom is -0.392 e. The number of likely N-dealkylation sites (tertiary alicyclic amines) is 1. The number of hydrogen-bond acceptors (Lipinski definition) is 4. The molecule has 1 N–H and O–H groups in total. The van der Waals surface area contributed by atoms with Crippen LogP contribution in [0.1, 0.15) is 64.0 Å². The van der Waals surface area contributed by atoms with Crippen LogP contribution in [-0.2, 0) is 6.61 Å². The third-order valence-corrected chi connectivity index (χ3v) is 6.52. The number of aryl methyl sites for hydroxylation is 1. The van der Waals surface area contributed by atoms with Crippen LogP contribution in [0.4, 0.5) is 0 Å². The van der Waals surface area contributed by atoms with E-state index in [4.69, 9.17) is 0 Å². The largest absolute Gasteiger partial charge is 0.392 e. The first kappa shape index (κ1) is 19.9. The molecule has 0 bridgehead atoms. The Bertz CT molecular complexity index is 1110. The van der Waals surface area contributed by atoms with Crippen molar-refractivity contribution in [3.05, 3.63) is 82.9 Å². The molecule has 1 amide bonds. The normalized spacial score (nSPS) is 18.4. The highest BCUT2D eigenvalue weighted by Gasteiger charge is 2.30. The lowest BCUT2D eigenvalue weighted by molar-refractivity contribution is 0.0784. The molecule has 1 aliphatic heterocycles. The van der Waals surface area contributed by atoms with Crippen molar-refractivity contribution < 1.29 is 9.90 Å². The van der Waals surface area contributed by atoms with Crippen LogP contribution in [0.5, 0.6) is 0 Å². The third-order valence-electron chi connectivity index (χ3n) is 6.52. The number of hydrogen-bond donors (Lipinski definition) is 1. The second-order valence-corrected chi connectivity index (χ2v) is 8.71.